The summed E-state index contributed by atoms with van der Waals surface area (Å²) in [7, 11) is 2.10. The summed E-state index contributed by atoms with van der Waals surface area (Å²) >= 11 is 0. The number of nitrogens with zero attached hydrogens (tertiary/aromatic N) is 1. The van der Waals surface area contributed by atoms with E-state index in [4.69, 9.17) is 9.47 Å². The van der Waals surface area contributed by atoms with Crippen molar-refractivity contribution >= 4 is 5.97 Å². The third-order valence-corrected chi connectivity index (χ3v) is 3.33. The average Bonchev–Trinajstić information content (AvgIpc) is 2.68. The van der Waals surface area contributed by atoms with Gasteiger partial charge in [-0.05, 0) is 14.0 Å². The van der Waals surface area contributed by atoms with E-state index in [1.54, 1.807) is 0 Å². The molecule has 0 saturated carbocycles. The molecular formula is C11H20N2O3. The minimum atomic E-state index is -0.289. The van der Waals surface area contributed by atoms with Crippen LogP contribution in [0.1, 0.15) is 19.8 Å². The maximum atomic E-state index is 11.6. The largest absolute Gasteiger partial charge is 0.465 e. The molecule has 0 aromatic rings. The molecule has 92 valence electrons. The Morgan fingerprint density at radius 2 is 2.25 bits per heavy atom. The van der Waals surface area contributed by atoms with Gasteiger partial charge in [0.1, 0.15) is 11.8 Å². The van der Waals surface area contributed by atoms with Crippen molar-refractivity contribution in [3.63, 3.8) is 0 Å². The molecular weight excluding hydrogens is 208 g/mol. The predicted molar refractivity (Wildman–Crippen MR) is 59.0 cm³/mol. The summed E-state index contributed by atoms with van der Waals surface area (Å²) in [5, 5.41) is 3.29. The van der Waals surface area contributed by atoms with Crippen LogP contribution in [0.5, 0.6) is 0 Å². The van der Waals surface area contributed by atoms with Crippen molar-refractivity contribution in [1.82, 2.24) is 10.2 Å². The van der Waals surface area contributed by atoms with E-state index in [0.717, 1.165) is 25.9 Å². The molecule has 1 N–H and O–H groups in total. The van der Waals surface area contributed by atoms with Gasteiger partial charge in [0, 0.05) is 25.9 Å². The van der Waals surface area contributed by atoms with Crippen molar-refractivity contribution in [2.75, 3.05) is 33.4 Å². The molecule has 2 aliphatic heterocycles. The topological polar surface area (TPSA) is 50.8 Å². The normalized spacial score (nSPS) is 29.5. The van der Waals surface area contributed by atoms with Gasteiger partial charge in [-0.25, -0.2) is 0 Å². The third-order valence-electron chi connectivity index (χ3n) is 3.33. The second kappa shape index (κ2) is 4.69. The van der Waals surface area contributed by atoms with Gasteiger partial charge in [0.25, 0.3) is 0 Å². The standard InChI is InChI=1S/C11H20N2O3/c1-3-15-10(14)9-8-16-11(12-9)4-6-13(2)7-5-11/h9,12H,3-8H2,1-2H3. The summed E-state index contributed by atoms with van der Waals surface area (Å²) < 4.78 is 10.8. The molecule has 1 unspecified atom stereocenters. The van der Waals surface area contributed by atoms with Gasteiger partial charge in [-0.15, -0.1) is 0 Å². The van der Waals surface area contributed by atoms with Crippen molar-refractivity contribution < 1.29 is 14.3 Å². The van der Waals surface area contributed by atoms with E-state index in [0.29, 0.717) is 13.2 Å². The Morgan fingerprint density at radius 3 is 2.88 bits per heavy atom. The first-order valence-corrected chi connectivity index (χ1v) is 5.92. The van der Waals surface area contributed by atoms with Crippen LogP contribution in [-0.4, -0.2) is 56.0 Å². The second-order valence-corrected chi connectivity index (χ2v) is 4.56. The number of piperidine rings is 1. The molecule has 2 aliphatic rings. The number of hydrogen-bond acceptors (Lipinski definition) is 5. The maximum Gasteiger partial charge on any atom is 0.325 e. The van der Waals surface area contributed by atoms with E-state index in [1.807, 2.05) is 6.92 Å². The Balaban J connectivity index is 1.89. The number of likely N-dealkylation sites (tertiary alicyclic amines) is 1. The Hall–Kier alpha value is -0.650. The minimum Gasteiger partial charge on any atom is -0.465 e. The molecule has 0 aromatic carbocycles. The molecule has 2 rings (SSSR count). The van der Waals surface area contributed by atoms with Crippen LogP contribution in [-0.2, 0) is 14.3 Å². The number of rotatable bonds is 2. The quantitative estimate of drug-likeness (QED) is 0.672. The van der Waals surface area contributed by atoms with Gasteiger partial charge >= 0.3 is 5.97 Å². The van der Waals surface area contributed by atoms with E-state index >= 15 is 0 Å². The fourth-order valence-electron chi connectivity index (χ4n) is 2.28. The van der Waals surface area contributed by atoms with Crippen LogP contribution in [0.25, 0.3) is 0 Å². The van der Waals surface area contributed by atoms with Gasteiger partial charge in [0.05, 0.1) is 13.2 Å². The highest BCUT2D eigenvalue weighted by Gasteiger charge is 2.44. The zero-order chi connectivity index (χ0) is 11.6. The molecule has 0 bridgehead atoms. The van der Waals surface area contributed by atoms with Gasteiger partial charge in [0.2, 0.25) is 0 Å². The van der Waals surface area contributed by atoms with Crippen LogP contribution in [0.4, 0.5) is 0 Å². The first-order chi connectivity index (χ1) is 7.65. The van der Waals surface area contributed by atoms with Crippen molar-refractivity contribution in [3.8, 4) is 0 Å². The molecule has 5 heteroatoms. The van der Waals surface area contributed by atoms with Gasteiger partial charge in [-0.3, -0.25) is 10.1 Å². The van der Waals surface area contributed by atoms with Crippen LogP contribution < -0.4 is 5.32 Å². The molecule has 0 radical (unpaired) electrons. The highest BCUT2D eigenvalue weighted by Crippen LogP contribution is 2.28. The zero-order valence-electron chi connectivity index (χ0n) is 9.99. The van der Waals surface area contributed by atoms with Crippen LogP contribution >= 0.6 is 0 Å². The highest BCUT2D eigenvalue weighted by molar-refractivity contribution is 5.76. The fourth-order valence-corrected chi connectivity index (χ4v) is 2.28. The minimum absolute atomic E-state index is 0.196. The first kappa shape index (κ1) is 11.8. The number of hydrogen-bond donors (Lipinski definition) is 1. The van der Waals surface area contributed by atoms with E-state index in [2.05, 4.69) is 17.3 Å². The Labute approximate surface area is 96.1 Å². The monoisotopic (exact) mass is 228 g/mol. The van der Waals surface area contributed by atoms with E-state index in [1.165, 1.54) is 0 Å². The van der Waals surface area contributed by atoms with Crippen LogP contribution in [0.15, 0.2) is 0 Å². The molecule has 2 heterocycles. The second-order valence-electron chi connectivity index (χ2n) is 4.56. The number of ether oxygens (including phenoxy) is 2. The molecule has 0 aromatic heterocycles. The van der Waals surface area contributed by atoms with Gasteiger partial charge in [-0.1, -0.05) is 0 Å². The lowest BCUT2D eigenvalue weighted by atomic mass is 10.0. The average molecular weight is 228 g/mol. The zero-order valence-corrected chi connectivity index (χ0v) is 9.99. The number of esters is 1. The molecule has 2 fully saturated rings. The SMILES string of the molecule is CCOC(=O)C1COC2(CCN(C)CC2)N1. The van der Waals surface area contributed by atoms with E-state index in [9.17, 15) is 4.79 Å². The molecule has 2 saturated heterocycles. The lowest BCUT2D eigenvalue weighted by Crippen LogP contribution is -2.53. The third kappa shape index (κ3) is 2.36. The van der Waals surface area contributed by atoms with Crippen molar-refractivity contribution in [1.29, 1.82) is 0 Å². The first-order valence-electron chi connectivity index (χ1n) is 5.92. The Bertz CT molecular complexity index is 262. The predicted octanol–water partition coefficient (Wildman–Crippen LogP) is -0.0402. The summed E-state index contributed by atoms with van der Waals surface area (Å²) in [6, 6.07) is -0.289. The van der Waals surface area contributed by atoms with Gasteiger partial charge in [-0.2, -0.15) is 0 Å². The molecule has 0 amide bonds. The lowest BCUT2D eigenvalue weighted by molar-refractivity contribution is -0.145. The molecule has 0 aliphatic carbocycles. The fraction of sp³-hybridized carbons (Fsp3) is 0.909. The van der Waals surface area contributed by atoms with E-state index in [-0.39, 0.29) is 17.7 Å². The summed E-state index contributed by atoms with van der Waals surface area (Å²) in [5.41, 5.74) is -0.288. The number of nitrogens with one attached hydrogen (secondary N) is 1. The Kier molecular flexibility index (Phi) is 3.47. The summed E-state index contributed by atoms with van der Waals surface area (Å²) in [5.74, 6) is -0.196. The highest BCUT2D eigenvalue weighted by atomic mass is 16.6. The lowest BCUT2D eigenvalue weighted by Gasteiger charge is -2.37. The number of carbonyl (C=O) groups is 1. The number of carbonyl (C=O) groups excluding carboxylic acids is 1. The molecule has 16 heavy (non-hydrogen) atoms. The maximum absolute atomic E-state index is 11.6. The molecule has 1 spiro atoms. The van der Waals surface area contributed by atoms with Crippen molar-refractivity contribution in [2.45, 2.75) is 31.5 Å². The van der Waals surface area contributed by atoms with Gasteiger partial charge < -0.3 is 14.4 Å². The smallest absolute Gasteiger partial charge is 0.325 e. The summed E-state index contributed by atoms with van der Waals surface area (Å²) in [4.78, 5) is 13.8. The molecule has 5 nitrogen and oxygen atoms in total. The van der Waals surface area contributed by atoms with Crippen LogP contribution in [0, 0.1) is 0 Å². The van der Waals surface area contributed by atoms with Crippen molar-refractivity contribution in [3.05, 3.63) is 0 Å². The van der Waals surface area contributed by atoms with Crippen molar-refractivity contribution in [2.24, 2.45) is 0 Å². The Morgan fingerprint density at radius 1 is 1.56 bits per heavy atom. The van der Waals surface area contributed by atoms with Crippen LogP contribution in [0.3, 0.4) is 0 Å². The molecule has 1 atom stereocenters. The van der Waals surface area contributed by atoms with Crippen LogP contribution in [0.2, 0.25) is 0 Å². The summed E-state index contributed by atoms with van der Waals surface area (Å²) in [6.45, 7) is 4.68. The summed E-state index contributed by atoms with van der Waals surface area (Å²) in [6.07, 6.45) is 1.86. The van der Waals surface area contributed by atoms with E-state index < -0.39 is 0 Å². The van der Waals surface area contributed by atoms with Gasteiger partial charge in [0.15, 0.2) is 0 Å².